The molecule has 2 heteroatoms. The van der Waals surface area contributed by atoms with Crippen LogP contribution in [-0.2, 0) is 0 Å². The Kier molecular flexibility index (Phi) is 3.40. The lowest BCUT2D eigenvalue weighted by Gasteiger charge is -2.28. The summed E-state index contributed by atoms with van der Waals surface area (Å²) < 4.78 is 0.622. The van der Waals surface area contributed by atoms with Crippen LogP contribution in [0.3, 0.4) is 0 Å². The number of thioether (sulfide) groups is 2. The molecule has 1 saturated carbocycles. The maximum absolute atomic E-state index is 5.38. The third-order valence-corrected chi connectivity index (χ3v) is 6.77. The molecule has 1 aromatic rings. The topological polar surface area (TPSA) is 0 Å². The van der Waals surface area contributed by atoms with Crippen LogP contribution in [0.1, 0.15) is 28.6 Å². The van der Waals surface area contributed by atoms with Gasteiger partial charge in [-0.05, 0) is 53.9 Å². The zero-order valence-electron chi connectivity index (χ0n) is 9.76. The van der Waals surface area contributed by atoms with Gasteiger partial charge in [0.2, 0.25) is 0 Å². The highest BCUT2D eigenvalue weighted by Crippen LogP contribution is 2.51. The van der Waals surface area contributed by atoms with E-state index in [1.807, 2.05) is 0 Å². The van der Waals surface area contributed by atoms with Gasteiger partial charge in [0, 0.05) is 5.56 Å². The minimum absolute atomic E-state index is 0.622. The summed E-state index contributed by atoms with van der Waals surface area (Å²) in [6.45, 7) is 0. The molecule has 1 aliphatic heterocycles. The van der Waals surface area contributed by atoms with Gasteiger partial charge in [0.05, 0.1) is 4.58 Å². The molecule has 1 aromatic carbocycles. The number of terminal acetylenes is 1. The van der Waals surface area contributed by atoms with E-state index in [-0.39, 0.29) is 0 Å². The fraction of sp³-hybridized carbons (Fsp3) is 0.467. The highest BCUT2D eigenvalue weighted by Gasteiger charge is 2.34. The normalized spacial score (nSPS) is 28.6. The highest BCUT2D eigenvalue weighted by atomic mass is 32.2. The first-order valence-electron chi connectivity index (χ1n) is 6.16. The van der Waals surface area contributed by atoms with Crippen molar-refractivity contribution in [3.63, 3.8) is 0 Å². The van der Waals surface area contributed by atoms with Crippen molar-refractivity contribution in [2.75, 3.05) is 11.5 Å². The first-order valence-corrected chi connectivity index (χ1v) is 8.26. The average molecular weight is 260 g/mol. The summed E-state index contributed by atoms with van der Waals surface area (Å²) in [5, 5.41) is 0. The van der Waals surface area contributed by atoms with Crippen molar-refractivity contribution in [2.45, 2.75) is 17.4 Å². The second kappa shape index (κ2) is 5.00. The van der Waals surface area contributed by atoms with Gasteiger partial charge in [0.25, 0.3) is 0 Å². The summed E-state index contributed by atoms with van der Waals surface area (Å²) in [4.78, 5) is 0. The van der Waals surface area contributed by atoms with Gasteiger partial charge in [0.1, 0.15) is 0 Å². The quantitative estimate of drug-likeness (QED) is 0.732. The lowest BCUT2D eigenvalue weighted by atomic mass is 10.1. The highest BCUT2D eigenvalue weighted by molar-refractivity contribution is 8.16. The van der Waals surface area contributed by atoms with Crippen molar-refractivity contribution >= 4 is 23.5 Å². The molecule has 1 heterocycles. The van der Waals surface area contributed by atoms with Crippen molar-refractivity contribution in [3.8, 4) is 12.3 Å². The Hall–Kier alpha value is -0.520. The molecule has 0 radical (unpaired) electrons. The number of benzene rings is 1. The van der Waals surface area contributed by atoms with Gasteiger partial charge in [-0.2, -0.15) is 0 Å². The molecule has 2 aliphatic rings. The number of hydrogen-bond donors (Lipinski definition) is 0. The second-order valence-corrected chi connectivity index (χ2v) is 7.44. The molecule has 0 amide bonds. The van der Waals surface area contributed by atoms with Crippen LogP contribution >= 0.6 is 23.5 Å². The number of hydrogen-bond acceptors (Lipinski definition) is 2. The standard InChI is InChI=1S/C15H16S2/c1-2-11-3-5-13(6-4-11)15-16-9-14(10-17-15)12-7-8-12/h1,3-6,12,14-15H,7-10H2. The van der Waals surface area contributed by atoms with E-state index in [4.69, 9.17) is 6.42 Å². The summed E-state index contributed by atoms with van der Waals surface area (Å²) in [5.41, 5.74) is 2.41. The summed E-state index contributed by atoms with van der Waals surface area (Å²) in [5.74, 6) is 7.40. The predicted octanol–water partition coefficient (Wildman–Crippen LogP) is 4.17. The lowest BCUT2D eigenvalue weighted by molar-refractivity contribution is 0.580. The van der Waals surface area contributed by atoms with E-state index in [0.29, 0.717) is 4.58 Å². The Morgan fingerprint density at radius 2 is 1.65 bits per heavy atom. The van der Waals surface area contributed by atoms with E-state index < -0.39 is 0 Å². The van der Waals surface area contributed by atoms with E-state index >= 15 is 0 Å². The van der Waals surface area contributed by atoms with Crippen LogP contribution in [0.15, 0.2) is 24.3 Å². The van der Waals surface area contributed by atoms with Gasteiger partial charge in [-0.25, -0.2) is 0 Å². The van der Waals surface area contributed by atoms with E-state index in [2.05, 4.69) is 53.7 Å². The van der Waals surface area contributed by atoms with Gasteiger partial charge in [-0.15, -0.1) is 29.9 Å². The van der Waals surface area contributed by atoms with Gasteiger partial charge >= 0.3 is 0 Å². The minimum atomic E-state index is 0.622. The first kappa shape index (κ1) is 11.6. The van der Waals surface area contributed by atoms with Crippen molar-refractivity contribution in [3.05, 3.63) is 35.4 Å². The van der Waals surface area contributed by atoms with Crippen molar-refractivity contribution in [2.24, 2.45) is 11.8 Å². The molecule has 3 rings (SSSR count). The maximum Gasteiger partial charge on any atom is 0.0751 e. The largest absolute Gasteiger partial charge is 0.142 e. The predicted molar refractivity (Wildman–Crippen MR) is 78.2 cm³/mol. The summed E-state index contributed by atoms with van der Waals surface area (Å²) >= 11 is 4.23. The van der Waals surface area contributed by atoms with Crippen molar-refractivity contribution in [1.82, 2.24) is 0 Å². The molecular formula is C15H16S2. The Bertz CT molecular complexity index is 417. The van der Waals surface area contributed by atoms with Crippen LogP contribution in [0.25, 0.3) is 0 Å². The molecule has 17 heavy (non-hydrogen) atoms. The third kappa shape index (κ3) is 2.67. The molecule has 0 N–H and O–H groups in total. The van der Waals surface area contributed by atoms with Crippen molar-refractivity contribution in [1.29, 1.82) is 0 Å². The maximum atomic E-state index is 5.38. The van der Waals surface area contributed by atoms with Crippen LogP contribution in [0.2, 0.25) is 0 Å². The second-order valence-electron chi connectivity index (χ2n) is 4.86. The fourth-order valence-electron chi connectivity index (χ4n) is 2.29. The monoisotopic (exact) mass is 260 g/mol. The summed E-state index contributed by atoms with van der Waals surface area (Å²) in [7, 11) is 0. The molecule has 1 aliphatic carbocycles. The Morgan fingerprint density at radius 3 is 2.18 bits per heavy atom. The zero-order valence-corrected chi connectivity index (χ0v) is 11.4. The molecule has 0 bridgehead atoms. The van der Waals surface area contributed by atoms with E-state index in [1.54, 1.807) is 0 Å². The van der Waals surface area contributed by atoms with Crippen LogP contribution in [0.5, 0.6) is 0 Å². The Labute approximate surface area is 112 Å². The van der Waals surface area contributed by atoms with Crippen LogP contribution < -0.4 is 0 Å². The van der Waals surface area contributed by atoms with E-state index in [1.165, 1.54) is 29.9 Å². The van der Waals surface area contributed by atoms with Crippen LogP contribution in [0.4, 0.5) is 0 Å². The fourth-order valence-corrected chi connectivity index (χ4v) is 5.62. The SMILES string of the molecule is C#Cc1ccc(C2SCC(C3CC3)CS2)cc1. The van der Waals surface area contributed by atoms with Gasteiger partial charge in [-0.3, -0.25) is 0 Å². The Morgan fingerprint density at radius 1 is 1.00 bits per heavy atom. The molecule has 0 unspecified atom stereocenters. The molecule has 1 saturated heterocycles. The molecule has 0 aromatic heterocycles. The average Bonchev–Trinajstić information content (AvgIpc) is 3.24. The van der Waals surface area contributed by atoms with Crippen LogP contribution in [0, 0.1) is 24.2 Å². The van der Waals surface area contributed by atoms with Crippen molar-refractivity contribution < 1.29 is 0 Å². The first-order chi connectivity index (χ1) is 8.36. The van der Waals surface area contributed by atoms with E-state index in [9.17, 15) is 0 Å². The van der Waals surface area contributed by atoms with Gasteiger partial charge < -0.3 is 0 Å². The molecule has 0 atom stereocenters. The minimum Gasteiger partial charge on any atom is -0.142 e. The third-order valence-electron chi connectivity index (χ3n) is 3.56. The lowest BCUT2D eigenvalue weighted by Crippen LogP contribution is -2.16. The van der Waals surface area contributed by atoms with Crippen LogP contribution in [-0.4, -0.2) is 11.5 Å². The van der Waals surface area contributed by atoms with Gasteiger partial charge in [0.15, 0.2) is 0 Å². The molecule has 2 fully saturated rings. The van der Waals surface area contributed by atoms with E-state index in [0.717, 1.165) is 17.4 Å². The zero-order chi connectivity index (χ0) is 11.7. The number of rotatable bonds is 2. The Balaban J connectivity index is 1.63. The molecular weight excluding hydrogens is 244 g/mol. The summed E-state index contributed by atoms with van der Waals surface area (Å²) in [6.07, 6.45) is 8.34. The smallest absolute Gasteiger partial charge is 0.0751 e. The molecule has 0 nitrogen and oxygen atoms in total. The molecule has 0 spiro atoms. The van der Waals surface area contributed by atoms with Gasteiger partial charge in [-0.1, -0.05) is 18.1 Å². The summed E-state index contributed by atoms with van der Waals surface area (Å²) in [6, 6.07) is 8.50. The molecule has 88 valence electrons.